The van der Waals surface area contributed by atoms with Gasteiger partial charge in [0.15, 0.2) is 5.82 Å². The van der Waals surface area contributed by atoms with Gasteiger partial charge in [0.2, 0.25) is 5.96 Å². The highest BCUT2D eigenvalue weighted by Gasteiger charge is 2.30. The van der Waals surface area contributed by atoms with Crippen LogP contribution in [-0.2, 0) is 6.18 Å². The highest BCUT2D eigenvalue weighted by molar-refractivity contribution is 6.31. The van der Waals surface area contributed by atoms with E-state index < -0.39 is 23.5 Å². The maximum atomic E-state index is 13.8. The fourth-order valence-corrected chi connectivity index (χ4v) is 3.54. The molecule has 0 fully saturated rings. The first-order chi connectivity index (χ1) is 17.1. The summed E-state index contributed by atoms with van der Waals surface area (Å²) in [5.41, 5.74) is 0.522. The first kappa shape index (κ1) is 25.2. The number of H-pyrrole nitrogens is 1. The quantitative estimate of drug-likeness (QED) is 0.148. The van der Waals surface area contributed by atoms with Crippen LogP contribution in [0.2, 0.25) is 10.0 Å². The summed E-state index contributed by atoms with van der Waals surface area (Å²) in [6.07, 6.45) is -4.54. The minimum Gasteiger partial charge on any atom is -0.325 e. The van der Waals surface area contributed by atoms with Crippen LogP contribution >= 0.6 is 23.2 Å². The minimum absolute atomic E-state index is 0.0589. The molecule has 0 radical (unpaired) electrons. The summed E-state index contributed by atoms with van der Waals surface area (Å²) >= 11 is 11.9. The van der Waals surface area contributed by atoms with Crippen molar-refractivity contribution in [2.75, 3.05) is 5.32 Å². The number of carbonyl (C=O) groups excluding carboxylic acids is 1. The largest absolute Gasteiger partial charge is 0.416 e. The number of benzene rings is 3. The molecule has 3 aromatic carbocycles. The van der Waals surface area contributed by atoms with Crippen molar-refractivity contribution in [1.82, 2.24) is 15.5 Å². The van der Waals surface area contributed by atoms with Crippen molar-refractivity contribution in [1.29, 1.82) is 0 Å². The normalized spacial score (nSPS) is 11.9. The first-order valence-electron chi connectivity index (χ1n) is 10.2. The molecule has 1 amide bonds. The number of aromatic nitrogens is 2. The zero-order chi connectivity index (χ0) is 25.9. The Morgan fingerprint density at radius 1 is 0.944 bits per heavy atom. The summed E-state index contributed by atoms with van der Waals surface area (Å²) < 4.78 is 52.3. The van der Waals surface area contributed by atoms with Crippen LogP contribution in [0.15, 0.2) is 77.8 Å². The maximum Gasteiger partial charge on any atom is 0.416 e. The number of amides is 1. The van der Waals surface area contributed by atoms with Gasteiger partial charge in [0.05, 0.1) is 11.3 Å². The summed E-state index contributed by atoms with van der Waals surface area (Å²) in [7, 11) is 0. The van der Waals surface area contributed by atoms with Gasteiger partial charge in [-0.1, -0.05) is 35.3 Å². The van der Waals surface area contributed by atoms with Crippen molar-refractivity contribution in [3.63, 3.8) is 0 Å². The molecule has 4 rings (SSSR count). The molecule has 0 aliphatic carbocycles. The van der Waals surface area contributed by atoms with Gasteiger partial charge in [-0.15, -0.1) is 0 Å². The molecule has 0 saturated carbocycles. The summed E-state index contributed by atoms with van der Waals surface area (Å²) in [5.74, 6) is -1.43. The number of halogens is 6. The van der Waals surface area contributed by atoms with Crippen LogP contribution in [0.1, 0.15) is 15.9 Å². The number of nitrogens with one attached hydrogen (secondary N) is 3. The maximum absolute atomic E-state index is 13.8. The lowest BCUT2D eigenvalue weighted by Gasteiger charge is -2.12. The molecule has 1 aromatic heterocycles. The number of aromatic amines is 1. The minimum atomic E-state index is -4.54. The molecule has 36 heavy (non-hydrogen) atoms. The van der Waals surface area contributed by atoms with Crippen molar-refractivity contribution in [2.24, 2.45) is 4.99 Å². The SMILES string of the molecule is O=C(NC(=Nc1cc(-c2cccc(Cl)c2)[nH]n1)Nc1cc(F)cc(Cl)c1)c1ccc(C(F)(F)F)cc1. The molecule has 0 bridgehead atoms. The molecule has 1 heterocycles. The van der Waals surface area contributed by atoms with Gasteiger partial charge in [0.1, 0.15) is 5.82 Å². The Bertz CT molecular complexity index is 1410. The Balaban J connectivity index is 1.63. The Labute approximate surface area is 212 Å². The van der Waals surface area contributed by atoms with E-state index in [0.29, 0.717) is 10.7 Å². The van der Waals surface area contributed by atoms with Gasteiger partial charge in [-0.3, -0.25) is 15.2 Å². The number of guanidine groups is 1. The topological polar surface area (TPSA) is 82.2 Å². The molecular weight excluding hydrogens is 521 g/mol. The number of rotatable bonds is 4. The Hall–Kier alpha value is -3.89. The second-order valence-corrected chi connectivity index (χ2v) is 8.30. The van der Waals surface area contributed by atoms with Crippen molar-refractivity contribution < 1.29 is 22.4 Å². The van der Waals surface area contributed by atoms with Crippen molar-refractivity contribution in [2.45, 2.75) is 6.18 Å². The number of hydrogen-bond donors (Lipinski definition) is 3. The van der Waals surface area contributed by atoms with Crippen LogP contribution in [0, 0.1) is 5.82 Å². The standard InChI is InChI=1S/C24H15Cl2F4N5O/c25-16-3-1-2-14(8-16)20-12-21(35-34-20)32-23(31-19-10-17(26)9-18(27)11-19)33-22(36)13-4-6-15(7-5-13)24(28,29)30/h1-12H,(H3,31,32,33,34,35,36). The monoisotopic (exact) mass is 535 g/mol. The molecule has 0 aliphatic heterocycles. The summed E-state index contributed by atoms with van der Waals surface area (Å²) in [4.78, 5) is 17.0. The third kappa shape index (κ3) is 6.41. The molecule has 0 unspecified atom stereocenters. The summed E-state index contributed by atoms with van der Waals surface area (Å²) in [6.45, 7) is 0. The molecule has 6 nitrogen and oxygen atoms in total. The van der Waals surface area contributed by atoms with Gasteiger partial charge < -0.3 is 5.32 Å². The predicted octanol–water partition coefficient (Wildman–Crippen LogP) is 7.07. The van der Waals surface area contributed by atoms with E-state index in [2.05, 4.69) is 25.8 Å². The van der Waals surface area contributed by atoms with E-state index in [-0.39, 0.29) is 28.1 Å². The van der Waals surface area contributed by atoms with Gasteiger partial charge >= 0.3 is 6.18 Å². The van der Waals surface area contributed by atoms with Gasteiger partial charge in [-0.2, -0.15) is 23.3 Å². The van der Waals surface area contributed by atoms with Crippen LogP contribution in [0.25, 0.3) is 11.3 Å². The van der Waals surface area contributed by atoms with Gasteiger partial charge in [-0.05, 0) is 54.6 Å². The fraction of sp³-hybridized carbons (Fsp3) is 0.0417. The highest BCUT2D eigenvalue weighted by atomic mass is 35.5. The lowest BCUT2D eigenvalue weighted by Crippen LogP contribution is -2.35. The number of anilines is 1. The molecule has 184 valence electrons. The number of hydrogen-bond acceptors (Lipinski definition) is 3. The van der Waals surface area contributed by atoms with Crippen molar-refractivity contribution in [3.05, 3.63) is 99.8 Å². The molecule has 0 spiro atoms. The van der Waals surface area contributed by atoms with E-state index in [1.807, 2.05) is 0 Å². The van der Waals surface area contributed by atoms with E-state index in [1.165, 1.54) is 6.07 Å². The molecule has 4 aromatic rings. The van der Waals surface area contributed by atoms with E-state index in [0.717, 1.165) is 42.0 Å². The van der Waals surface area contributed by atoms with Gasteiger partial charge in [-0.25, -0.2) is 4.39 Å². The zero-order valence-electron chi connectivity index (χ0n) is 18.0. The number of nitrogens with zero attached hydrogens (tertiary/aromatic N) is 2. The molecule has 12 heteroatoms. The van der Waals surface area contributed by atoms with E-state index in [4.69, 9.17) is 23.2 Å². The van der Waals surface area contributed by atoms with Crippen LogP contribution in [0.4, 0.5) is 29.1 Å². The van der Waals surface area contributed by atoms with Crippen LogP contribution in [0.5, 0.6) is 0 Å². The van der Waals surface area contributed by atoms with Gasteiger partial charge in [0.25, 0.3) is 5.91 Å². The summed E-state index contributed by atoms with van der Waals surface area (Å²) in [5, 5.41) is 12.7. The third-order valence-electron chi connectivity index (χ3n) is 4.76. The Morgan fingerprint density at radius 3 is 2.36 bits per heavy atom. The smallest absolute Gasteiger partial charge is 0.325 e. The predicted molar refractivity (Wildman–Crippen MR) is 130 cm³/mol. The number of alkyl halides is 3. The second-order valence-electron chi connectivity index (χ2n) is 7.42. The van der Waals surface area contributed by atoms with Gasteiger partial charge in [0, 0.05) is 32.9 Å². The molecule has 3 N–H and O–H groups in total. The van der Waals surface area contributed by atoms with E-state index in [9.17, 15) is 22.4 Å². The average Bonchev–Trinajstić information content (AvgIpc) is 3.26. The van der Waals surface area contributed by atoms with Crippen LogP contribution in [-0.4, -0.2) is 22.1 Å². The van der Waals surface area contributed by atoms with Crippen LogP contribution < -0.4 is 10.6 Å². The van der Waals surface area contributed by atoms with E-state index >= 15 is 0 Å². The lowest BCUT2D eigenvalue weighted by atomic mass is 10.1. The molecule has 0 aliphatic rings. The zero-order valence-corrected chi connectivity index (χ0v) is 19.5. The molecule has 0 saturated heterocycles. The Morgan fingerprint density at radius 2 is 1.69 bits per heavy atom. The summed E-state index contributed by atoms with van der Waals surface area (Å²) in [6, 6.07) is 15.8. The average molecular weight is 536 g/mol. The molecule has 0 atom stereocenters. The number of aliphatic imine (C=N–C) groups is 1. The second kappa shape index (κ2) is 10.4. The van der Waals surface area contributed by atoms with Crippen molar-refractivity contribution >= 4 is 46.6 Å². The highest BCUT2D eigenvalue weighted by Crippen LogP contribution is 2.29. The third-order valence-corrected chi connectivity index (χ3v) is 5.21. The lowest BCUT2D eigenvalue weighted by molar-refractivity contribution is -0.137. The number of carbonyl (C=O) groups is 1. The fourth-order valence-electron chi connectivity index (χ4n) is 3.13. The van der Waals surface area contributed by atoms with Crippen LogP contribution in [0.3, 0.4) is 0 Å². The van der Waals surface area contributed by atoms with E-state index in [1.54, 1.807) is 30.3 Å². The Kier molecular flexibility index (Phi) is 7.27. The van der Waals surface area contributed by atoms with Crippen molar-refractivity contribution in [3.8, 4) is 11.3 Å². The molecular formula is C24H15Cl2F4N5O. The first-order valence-corrected chi connectivity index (χ1v) is 10.9.